The van der Waals surface area contributed by atoms with Gasteiger partial charge in [0.25, 0.3) is 11.1 Å². The van der Waals surface area contributed by atoms with E-state index in [1.165, 1.54) is 19.6 Å². The Hall–Kier alpha value is -1.60. The van der Waals surface area contributed by atoms with Crippen LogP contribution in [0, 0.1) is 14.1 Å². The average molecular weight is 663 g/mol. The van der Waals surface area contributed by atoms with Crippen molar-refractivity contribution >= 4 is 80.1 Å². The molecular formula is C22H19I2NO5S. The number of halogens is 2. The molecule has 3 rings (SSSR count). The lowest BCUT2D eigenvalue weighted by Crippen LogP contribution is -2.42. The highest BCUT2D eigenvalue weighted by molar-refractivity contribution is 14.1. The smallest absolute Gasteiger partial charge is 0.328 e. The molecule has 31 heavy (non-hydrogen) atoms. The Labute approximate surface area is 212 Å². The van der Waals surface area contributed by atoms with Crippen LogP contribution in [0.3, 0.4) is 0 Å². The molecule has 0 N–H and O–H groups in total. The summed E-state index contributed by atoms with van der Waals surface area (Å²) in [5, 5.41) is -0.489. The number of hydrogen-bond acceptors (Lipinski definition) is 6. The third-order valence-corrected chi connectivity index (χ3v) is 7.06. The summed E-state index contributed by atoms with van der Waals surface area (Å²) >= 11 is 5.20. The minimum absolute atomic E-state index is 0.265. The molecule has 0 saturated carbocycles. The molecule has 9 heteroatoms. The lowest BCUT2D eigenvalue weighted by atomic mass is 10.1. The van der Waals surface area contributed by atoms with Crippen LogP contribution in [0.4, 0.5) is 4.79 Å². The summed E-state index contributed by atoms with van der Waals surface area (Å²) in [6.07, 6.45) is 1.66. The number of esters is 1. The van der Waals surface area contributed by atoms with Gasteiger partial charge in [0, 0.05) is 0 Å². The predicted molar refractivity (Wildman–Crippen MR) is 137 cm³/mol. The molecular weight excluding hydrogens is 644 g/mol. The number of rotatable bonds is 6. The second-order valence-electron chi connectivity index (χ2n) is 6.84. The van der Waals surface area contributed by atoms with Crippen LogP contribution in [0.5, 0.6) is 5.75 Å². The number of nitrogens with zero attached hydrogens (tertiary/aromatic N) is 1. The quantitative estimate of drug-likeness (QED) is 0.235. The highest BCUT2D eigenvalue weighted by Crippen LogP contribution is 2.36. The zero-order chi connectivity index (χ0) is 22.7. The molecule has 1 atom stereocenters. The standard InChI is InChI=1S/C22H19I2NO5S/c1-12-4-6-14(7-5-12)11-30-19-16(23)8-15(9-17(19)24)10-18-20(26)25(22(28)31-18)13(2)21(27)29-3/h4-10,13H,11H2,1-3H3/b18-10+/t13-/m0/s1. The molecule has 1 aliphatic heterocycles. The number of ether oxygens (including phenoxy) is 2. The van der Waals surface area contributed by atoms with Crippen LogP contribution in [0.25, 0.3) is 6.08 Å². The SMILES string of the molecule is COC(=O)[C@H](C)N1C(=O)S/C(=C/c2cc(I)c(OCc3ccc(C)cc3)c(I)c2)C1=O. The summed E-state index contributed by atoms with van der Waals surface area (Å²) in [4.78, 5) is 37.9. The molecule has 0 unspecified atom stereocenters. The first-order chi connectivity index (χ1) is 14.7. The molecule has 0 aromatic heterocycles. The number of benzene rings is 2. The molecule has 0 bridgehead atoms. The molecule has 2 aromatic rings. The Morgan fingerprint density at radius 1 is 1.16 bits per heavy atom. The molecule has 2 aromatic carbocycles. The van der Waals surface area contributed by atoms with Gasteiger partial charge < -0.3 is 9.47 Å². The van der Waals surface area contributed by atoms with Gasteiger partial charge in [-0.1, -0.05) is 29.8 Å². The van der Waals surface area contributed by atoms with Crippen molar-refractivity contribution in [2.24, 2.45) is 0 Å². The van der Waals surface area contributed by atoms with E-state index < -0.39 is 23.2 Å². The second-order valence-corrected chi connectivity index (χ2v) is 10.2. The number of imide groups is 1. The number of amides is 2. The molecule has 0 spiro atoms. The average Bonchev–Trinajstić information content (AvgIpc) is 3.00. The van der Waals surface area contributed by atoms with Crippen molar-refractivity contribution in [3.05, 3.63) is 65.1 Å². The summed E-state index contributed by atoms with van der Waals surface area (Å²) in [5.41, 5.74) is 3.05. The van der Waals surface area contributed by atoms with E-state index in [1.54, 1.807) is 6.08 Å². The molecule has 1 fully saturated rings. The van der Waals surface area contributed by atoms with Crippen LogP contribution in [0.15, 0.2) is 41.3 Å². The minimum Gasteiger partial charge on any atom is -0.487 e. The van der Waals surface area contributed by atoms with Gasteiger partial charge in [-0.3, -0.25) is 14.5 Å². The van der Waals surface area contributed by atoms with Gasteiger partial charge in [0.1, 0.15) is 18.4 Å². The van der Waals surface area contributed by atoms with Crippen molar-refractivity contribution in [2.45, 2.75) is 26.5 Å². The number of hydrogen-bond donors (Lipinski definition) is 0. The number of methoxy groups -OCH3 is 1. The molecule has 1 saturated heterocycles. The monoisotopic (exact) mass is 663 g/mol. The van der Waals surface area contributed by atoms with Crippen molar-refractivity contribution in [1.82, 2.24) is 4.90 Å². The third kappa shape index (κ3) is 5.61. The van der Waals surface area contributed by atoms with E-state index in [4.69, 9.17) is 4.74 Å². The van der Waals surface area contributed by atoms with E-state index in [0.29, 0.717) is 6.61 Å². The van der Waals surface area contributed by atoms with E-state index in [0.717, 1.165) is 40.7 Å². The van der Waals surface area contributed by atoms with Gasteiger partial charge in [-0.05, 0) is 100 Å². The normalized spacial score (nSPS) is 16.0. The van der Waals surface area contributed by atoms with Crippen molar-refractivity contribution < 1.29 is 23.9 Å². The Morgan fingerprint density at radius 2 is 1.77 bits per heavy atom. The Morgan fingerprint density at radius 3 is 2.35 bits per heavy atom. The maximum atomic E-state index is 12.7. The zero-order valence-corrected chi connectivity index (χ0v) is 22.1. The van der Waals surface area contributed by atoms with E-state index in [1.807, 2.05) is 43.3 Å². The highest BCUT2D eigenvalue weighted by Gasteiger charge is 2.41. The van der Waals surface area contributed by atoms with E-state index in [9.17, 15) is 14.4 Å². The summed E-state index contributed by atoms with van der Waals surface area (Å²) in [5.74, 6) is -0.369. The number of carbonyl (C=O) groups is 3. The maximum absolute atomic E-state index is 12.7. The Kier molecular flexibility index (Phi) is 8.03. The van der Waals surface area contributed by atoms with Crippen LogP contribution in [0.1, 0.15) is 23.6 Å². The highest BCUT2D eigenvalue weighted by atomic mass is 127. The van der Waals surface area contributed by atoms with Gasteiger partial charge in [0.2, 0.25) is 0 Å². The van der Waals surface area contributed by atoms with Crippen molar-refractivity contribution in [1.29, 1.82) is 0 Å². The molecule has 1 aliphatic rings. The first-order valence-electron chi connectivity index (χ1n) is 9.23. The van der Waals surface area contributed by atoms with Crippen molar-refractivity contribution in [3.63, 3.8) is 0 Å². The topological polar surface area (TPSA) is 72.9 Å². The Bertz CT molecular complexity index is 1050. The molecule has 2 amide bonds. The summed E-state index contributed by atoms with van der Waals surface area (Å²) in [6.45, 7) is 3.97. The number of aryl methyl sites for hydroxylation is 1. The predicted octanol–water partition coefficient (Wildman–Crippen LogP) is 5.38. The van der Waals surface area contributed by atoms with Crippen LogP contribution < -0.4 is 4.74 Å². The van der Waals surface area contributed by atoms with Crippen LogP contribution in [-0.2, 0) is 20.9 Å². The van der Waals surface area contributed by atoms with Crippen LogP contribution >= 0.6 is 56.9 Å². The zero-order valence-electron chi connectivity index (χ0n) is 17.0. The minimum atomic E-state index is -0.971. The fourth-order valence-corrected chi connectivity index (χ4v) is 5.92. The number of thioether (sulfide) groups is 1. The van der Waals surface area contributed by atoms with Gasteiger partial charge in [-0.25, -0.2) is 4.79 Å². The van der Waals surface area contributed by atoms with Gasteiger partial charge in [0.05, 0.1) is 19.2 Å². The summed E-state index contributed by atoms with van der Waals surface area (Å²) < 4.78 is 12.5. The fourth-order valence-electron chi connectivity index (χ4n) is 2.88. The van der Waals surface area contributed by atoms with Gasteiger partial charge in [-0.2, -0.15) is 0 Å². The van der Waals surface area contributed by atoms with Crippen molar-refractivity contribution in [2.75, 3.05) is 7.11 Å². The Balaban J connectivity index is 1.78. The molecule has 6 nitrogen and oxygen atoms in total. The maximum Gasteiger partial charge on any atom is 0.328 e. The lowest BCUT2D eigenvalue weighted by molar-refractivity contribution is -0.148. The van der Waals surface area contributed by atoms with Gasteiger partial charge >= 0.3 is 5.97 Å². The lowest BCUT2D eigenvalue weighted by Gasteiger charge is -2.18. The van der Waals surface area contributed by atoms with Crippen LogP contribution in [-0.4, -0.2) is 35.2 Å². The number of carbonyl (C=O) groups excluding carboxylic acids is 3. The van der Waals surface area contributed by atoms with Gasteiger partial charge in [0.15, 0.2) is 0 Å². The second kappa shape index (κ2) is 10.3. The molecule has 0 radical (unpaired) electrons. The van der Waals surface area contributed by atoms with Crippen LogP contribution in [0.2, 0.25) is 0 Å². The van der Waals surface area contributed by atoms with Gasteiger partial charge in [-0.15, -0.1) is 0 Å². The first kappa shape index (κ1) is 24.1. The van der Waals surface area contributed by atoms with Crippen molar-refractivity contribution in [3.8, 4) is 5.75 Å². The molecule has 0 aliphatic carbocycles. The summed E-state index contributed by atoms with van der Waals surface area (Å²) in [7, 11) is 1.22. The van der Waals surface area contributed by atoms with E-state index >= 15 is 0 Å². The third-order valence-electron chi connectivity index (χ3n) is 4.58. The van der Waals surface area contributed by atoms with E-state index in [-0.39, 0.29) is 4.91 Å². The molecule has 162 valence electrons. The van der Waals surface area contributed by atoms with E-state index in [2.05, 4.69) is 49.9 Å². The summed E-state index contributed by atoms with van der Waals surface area (Å²) in [6, 6.07) is 11.0. The first-order valence-corrected chi connectivity index (χ1v) is 12.2. The fraction of sp³-hybridized carbons (Fsp3) is 0.227. The molecule has 1 heterocycles. The largest absolute Gasteiger partial charge is 0.487 e.